The number of benzene rings is 2. The first-order valence-electron chi connectivity index (χ1n) is 12.8. The molecule has 216 valence electrons. The maximum absolute atomic E-state index is 13.3. The molecule has 0 saturated carbocycles. The van der Waals surface area contributed by atoms with Crippen LogP contribution in [0.4, 0.5) is 13.2 Å². The molecule has 0 aliphatic carbocycles. The van der Waals surface area contributed by atoms with Crippen LogP contribution in [0.2, 0.25) is 5.02 Å². The smallest absolute Gasteiger partial charge is 0.382 e. The minimum atomic E-state index is -4.94. The predicted molar refractivity (Wildman–Crippen MR) is 143 cm³/mol. The van der Waals surface area contributed by atoms with Crippen molar-refractivity contribution in [1.29, 1.82) is 0 Å². The Labute approximate surface area is 236 Å². The van der Waals surface area contributed by atoms with Crippen molar-refractivity contribution < 1.29 is 23.1 Å². The number of nitrogens with zero attached hydrogens (tertiary/aromatic N) is 7. The summed E-state index contributed by atoms with van der Waals surface area (Å²) in [4.78, 5) is 32.5. The van der Waals surface area contributed by atoms with E-state index in [1.165, 1.54) is 35.3 Å². The zero-order valence-corrected chi connectivity index (χ0v) is 22.4. The average molecular weight is 591 g/mol. The lowest BCUT2D eigenvalue weighted by molar-refractivity contribution is -0.207. The summed E-state index contributed by atoms with van der Waals surface area (Å²) in [7, 11) is 0. The Morgan fingerprint density at radius 2 is 1.83 bits per heavy atom. The standard InChI is InChI=1S/C26H26ClF3N8O3/c27-18-8-6-17(7-9-18)23-34-37(25(41)36(23)14-21(39)26(28,29)30)15-22-32-16-38(33-22)20-5-2-1-4-19(20)24(40)35-12-3-10-31-11-13-35/h1-2,4-9,16,21,31,39H,3,10-15H2/t21-/m0/s1. The molecular formula is C26H26ClF3N8O3. The van der Waals surface area contributed by atoms with Crippen molar-refractivity contribution in [2.75, 3.05) is 26.2 Å². The van der Waals surface area contributed by atoms with Crippen LogP contribution < -0.4 is 11.0 Å². The van der Waals surface area contributed by atoms with Crippen molar-refractivity contribution in [1.82, 2.24) is 39.3 Å². The third-order valence-corrected chi connectivity index (χ3v) is 6.85. The van der Waals surface area contributed by atoms with Crippen molar-refractivity contribution in [2.24, 2.45) is 0 Å². The number of hydrogen-bond donors (Lipinski definition) is 2. The van der Waals surface area contributed by atoms with Gasteiger partial charge in [0.25, 0.3) is 5.91 Å². The first-order chi connectivity index (χ1) is 19.6. The van der Waals surface area contributed by atoms with Gasteiger partial charge in [-0.05, 0) is 49.4 Å². The van der Waals surface area contributed by atoms with E-state index in [4.69, 9.17) is 11.6 Å². The number of halogens is 4. The van der Waals surface area contributed by atoms with Crippen LogP contribution in [0.25, 0.3) is 17.1 Å². The lowest BCUT2D eigenvalue weighted by atomic mass is 10.1. The quantitative estimate of drug-likeness (QED) is 0.339. The molecule has 0 radical (unpaired) electrons. The Balaban J connectivity index is 1.45. The minimum Gasteiger partial charge on any atom is -0.382 e. The van der Waals surface area contributed by atoms with Crippen LogP contribution in [0.1, 0.15) is 22.6 Å². The highest BCUT2D eigenvalue weighted by molar-refractivity contribution is 6.30. The van der Waals surface area contributed by atoms with E-state index >= 15 is 0 Å². The van der Waals surface area contributed by atoms with Gasteiger partial charge >= 0.3 is 11.9 Å². The number of para-hydroxylation sites is 1. The molecule has 2 N–H and O–H groups in total. The molecule has 4 aromatic rings. The largest absolute Gasteiger partial charge is 0.416 e. The fraction of sp³-hybridized carbons (Fsp3) is 0.346. The Hall–Kier alpha value is -4.01. The summed E-state index contributed by atoms with van der Waals surface area (Å²) in [6, 6.07) is 13.0. The van der Waals surface area contributed by atoms with Gasteiger partial charge in [0, 0.05) is 30.2 Å². The van der Waals surface area contributed by atoms with Gasteiger partial charge in [-0.3, -0.25) is 9.36 Å². The van der Waals surface area contributed by atoms with Gasteiger partial charge in [-0.15, -0.1) is 10.2 Å². The zero-order valence-electron chi connectivity index (χ0n) is 21.6. The fourth-order valence-corrected chi connectivity index (χ4v) is 4.62. The van der Waals surface area contributed by atoms with E-state index in [2.05, 4.69) is 20.5 Å². The summed E-state index contributed by atoms with van der Waals surface area (Å²) in [5, 5.41) is 22.0. The molecule has 11 nitrogen and oxygen atoms in total. The average Bonchev–Trinajstić information content (AvgIpc) is 3.41. The molecule has 0 spiro atoms. The number of hydrogen-bond acceptors (Lipinski definition) is 7. The van der Waals surface area contributed by atoms with Crippen LogP contribution >= 0.6 is 11.6 Å². The van der Waals surface area contributed by atoms with Gasteiger partial charge < -0.3 is 15.3 Å². The van der Waals surface area contributed by atoms with Crippen molar-refractivity contribution in [3.8, 4) is 17.1 Å². The van der Waals surface area contributed by atoms with Crippen LogP contribution in [0.3, 0.4) is 0 Å². The van der Waals surface area contributed by atoms with E-state index in [9.17, 15) is 27.9 Å². The van der Waals surface area contributed by atoms with Crippen molar-refractivity contribution >= 4 is 17.5 Å². The summed E-state index contributed by atoms with van der Waals surface area (Å²) in [5.41, 5.74) is 0.356. The summed E-state index contributed by atoms with van der Waals surface area (Å²) >= 11 is 5.93. The van der Waals surface area contributed by atoms with Gasteiger partial charge in [-0.2, -0.15) is 13.2 Å². The molecule has 1 aliphatic heterocycles. The number of rotatable bonds is 7. The van der Waals surface area contributed by atoms with Gasteiger partial charge in [0.05, 0.1) is 17.8 Å². The molecule has 1 aliphatic rings. The first kappa shape index (κ1) is 28.5. The van der Waals surface area contributed by atoms with E-state index in [-0.39, 0.29) is 24.1 Å². The van der Waals surface area contributed by atoms with Crippen LogP contribution in [-0.2, 0) is 13.1 Å². The molecule has 3 heterocycles. The summed E-state index contributed by atoms with van der Waals surface area (Å²) in [6.07, 6.45) is -5.49. The Morgan fingerprint density at radius 3 is 2.59 bits per heavy atom. The molecule has 1 saturated heterocycles. The van der Waals surface area contributed by atoms with Gasteiger partial charge in [-0.1, -0.05) is 23.7 Å². The maximum atomic E-state index is 13.3. The topological polar surface area (TPSA) is 123 Å². The highest BCUT2D eigenvalue weighted by Gasteiger charge is 2.39. The number of nitrogens with one attached hydrogen (secondary N) is 1. The SMILES string of the molecule is O=C(c1ccccc1-n1cnc(Cn2nc(-c3ccc(Cl)cc3)n(C[C@H](O)C(F)(F)F)c2=O)n1)N1CCCNCC1. The van der Waals surface area contributed by atoms with Crippen molar-refractivity contribution in [3.63, 3.8) is 0 Å². The maximum Gasteiger partial charge on any atom is 0.416 e. The van der Waals surface area contributed by atoms with Crippen LogP contribution in [-0.4, -0.2) is 83.5 Å². The van der Waals surface area contributed by atoms with E-state index in [1.54, 1.807) is 29.2 Å². The molecule has 0 bridgehead atoms. The summed E-state index contributed by atoms with van der Waals surface area (Å²) in [6.45, 7) is 1.40. The first-order valence-corrected chi connectivity index (χ1v) is 13.2. The number of aliphatic hydroxyl groups excluding tert-OH is 1. The molecule has 41 heavy (non-hydrogen) atoms. The lowest BCUT2D eigenvalue weighted by Gasteiger charge is -2.21. The third kappa shape index (κ3) is 6.34. The van der Waals surface area contributed by atoms with Crippen LogP contribution in [0.15, 0.2) is 59.7 Å². The number of carbonyl (C=O) groups excluding carboxylic acids is 1. The van der Waals surface area contributed by atoms with Crippen LogP contribution in [0.5, 0.6) is 0 Å². The highest BCUT2D eigenvalue weighted by atomic mass is 35.5. The fourth-order valence-electron chi connectivity index (χ4n) is 4.49. The molecule has 15 heteroatoms. The minimum absolute atomic E-state index is 0.0859. The Morgan fingerprint density at radius 1 is 1.07 bits per heavy atom. The number of aliphatic hydroxyl groups is 1. The van der Waals surface area contributed by atoms with Crippen molar-refractivity contribution in [3.05, 3.63) is 81.8 Å². The normalized spacial score (nSPS) is 15.1. The molecule has 5 rings (SSSR count). The second kappa shape index (κ2) is 11.8. The predicted octanol–water partition coefficient (Wildman–Crippen LogP) is 2.35. The van der Waals surface area contributed by atoms with E-state index in [0.717, 1.165) is 22.2 Å². The Bertz CT molecular complexity index is 1570. The van der Waals surface area contributed by atoms with Gasteiger partial charge in [0.1, 0.15) is 12.9 Å². The third-order valence-electron chi connectivity index (χ3n) is 6.60. The molecule has 1 amide bonds. The number of aromatic nitrogens is 6. The lowest BCUT2D eigenvalue weighted by Crippen LogP contribution is -2.37. The van der Waals surface area contributed by atoms with Gasteiger partial charge in [0.15, 0.2) is 17.8 Å². The number of alkyl halides is 3. The number of carbonyl (C=O) groups is 1. The number of amides is 1. The Kier molecular flexibility index (Phi) is 8.24. The molecule has 0 unspecified atom stereocenters. The molecule has 1 atom stereocenters. The molecular weight excluding hydrogens is 565 g/mol. The monoisotopic (exact) mass is 590 g/mol. The van der Waals surface area contributed by atoms with E-state index < -0.39 is 24.5 Å². The highest BCUT2D eigenvalue weighted by Crippen LogP contribution is 2.24. The summed E-state index contributed by atoms with van der Waals surface area (Å²) in [5.74, 6) is -0.0959. The van der Waals surface area contributed by atoms with Crippen molar-refractivity contribution in [2.45, 2.75) is 31.8 Å². The molecule has 2 aromatic carbocycles. The van der Waals surface area contributed by atoms with E-state index in [1.807, 2.05) is 0 Å². The molecule has 2 aromatic heterocycles. The van der Waals surface area contributed by atoms with Gasteiger partial charge in [-0.25, -0.2) is 19.1 Å². The molecule has 1 fully saturated rings. The van der Waals surface area contributed by atoms with E-state index in [0.29, 0.717) is 41.5 Å². The second-order valence-electron chi connectivity index (χ2n) is 9.46. The van der Waals surface area contributed by atoms with Crippen LogP contribution in [0, 0.1) is 0 Å². The second-order valence-corrected chi connectivity index (χ2v) is 9.89. The summed E-state index contributed by atoms with van der Waals surface area (Å²) < 4.78 is 42.5. The zero-order chi connectivity index (χ0) is 29.1. The van der Waals surface area contributed by atoms with Gasteiger partial charge in [0.2, 0.25) is 0 Å².